The van der Waals surface area contributed by atoms with Gasteiger partial charge in [0, 0.05) is 24.8 Å². The molecule has 0 spiro atoms. The van der Waals surface area contributed by atoms with Crippen molar-refractivity contribution in [2.75, 3.05) is 12.4 Å². The molecule has 0 fully saturated rings. The van der Waals surface area contributed by atoms with Crippen LogP contribution in [0.3, 0.4) is 0 Å². The zero-order valence-electron chi connectivity index (χ0n) is 11.9. The molecule has 0 aliphatic heterocycles. The van der Waals surface area contributed by atoms with Crippen LogP contribution in [-0.4, -0.2) is 38.2 Å². The van der Waals surface area contributed by atoms with Crippen LogP contribution in [0.25, 0.3) is 0 Å². The molecule has 0 aliphatic rings. The first-order chi connectivity index (χ1) is 8.04. The molecule has 0 saturated heterocycles. The van der Waals surface area contributed by atoms with E-state index in [1.165, 1.54) is 6.92 Å². The van der Waals surface area contributed by atoms with Crippen LogP contribution < -0.4 is 5.32 Å². The van der Waals surface area contributed by atoms with Crippen molar-refractivity contribution in [2.45, 2.75) is 58.6 Å². The zero-order valence-corrected chi connectivity index (χ0v) is 12.7. The molecular weight excluding hydrogens is 254 g/mol. The second kappa shape index (κ2) is 7.21. The van der Waals surface area contributed by atoms with Crippen LogP contribution in [0.4, 0.5) is 0 Å². The summed E-state index contributed by atoms with van der Waals surface area (Å²) in [6.45, 7) is 9.55. The van der Waals surface area contributed by atoms with Crippen LogP contribution in [0, 0.1) is 0 Å². The summed E-state index contributed by atoms with van der Waals surface area (Å²) in [4.78, 5) is 11.0. The summed E-state index contributed by atoms with van der Waals surface area (Å²) in [5.74, 6) is 0.0308. The Morgan fingerprint density at radius 3 is 2.28 bits per heavy atom. The van der Waals surface area contributed by atoms with E-state index in [0.29, 0.717) is 19.4 Å². The van der Waals surface area contributed by atoms with Gasteiger partial charge in [-0.15, -0.1) is 0 Å². The number of ether oxygens (including phenoxy) is 1. The van der Waals surface area contributed by atoms with Crippen LogP contribution in [0.5, 0.6) is 0 Å². The Hall–Kier alpha value is -0.460. The Morgan fingerprint density at radius 1 is 1.28 bits per heavy atom. The van der Waals surface area contributed by atoms with Crippen molar-refractivity contribution >= 4 is 17.0 Å². The fraction of sp³-hybridized carbons (Fsp3) is 0.917. The van der Waals surface area contributed by atoms with Crippen LogP contribution in [0.2, 0.25) is 0 Å². The molecule has 0 saturated carbocycles. The Kier molecular flexibility index (Phi) is 7.02. The molecule has 18 heavy (non-hydrogen) atoms. The van der Waals surface area contributed by atoms with Crippen molar-refractivity contribution in [1.29, 1.82) is 0 Å². The number of rotatable bonds is 8. The van der Waals surface area contributed by atoms with Gasteiger partial charge in [-0.3, -0.25) is 9.00 Å². The second-order valence-electron chi connectivity index (χ2n) is 5.68. The lowest BCUT2D eigenvalue weighted by atomic mass is 10.0. The summed E-state index contributed by atoms with van der Waals surface area (Å²) >= 11 is -2.03. The predicted octanol–water partition coefficient (Wildman–Crippen LogP) is 1.36. The maximum Gasteiger partial charge on any atom is 0.217 e. The first kappa shape index (κ1) is 17.5. The molecule has 0 heterocycles. The lowest BCUT2D eigenvalue weighted by molar-refractivity contribution is -0.120. The molecule has 0 bridgehead atoms. The van der Waals surface area contributed by atoms with Gasteiger partial charge >= 0.3 is 0 Å². The Balaban J connectivity index is 4.01. The first-order valence-electron chi connectivity index (χ1n) is 6.03. The minimum absolute atomic E-state index is 0.0685. The van der Waals surface area contributed by atoms with Gasteiger partial charge < -0.3 is 14.6 Å². The van der Waals surface area contributed by atoms with E-state index in [0.717, 1.165) is 0 Å². The molecule has 1 N–H and O–H groups in total. The van der Waals surface area contributed by atoms with Crippen molar-refractivity contribution in [3.8, 4) is 0 Å². The van der Waals surface area contributed by atoms with Crippen molar-refractivity contribution in [3.05, 3.63) is 0 Å². The maximum atomic E-state index is 11.0. The fourth-order valence-electron chi connectivity index (χ4n) is 1.52. The van der Waals surface area contributed by atoms with E-state index in [4.69, 9.17) is 4.74 Å². The van der Waals surface area contributed by atoms with Gasteiger partial charge in [0.15, 0.2) is 0 Å². The third-order valence-electron chi connectivity index (χ3n) is 2.61. The normalized spacial score (nSPS) is 14.3. The lowest BCUT2D eigenvalue weighted by Crippen LogP contribution is -2.43. The number of carbonyl (C=O) groups is 1. The van der Waals surface area contributed by atoms with Gasteiger partial charge in [-0.25, -0.2) is 0 Å². The predicted molar refractivity (Wildman–Crippen MR) is 70.9 cm³/mol. The second-order valence-corrected chi connectivity index (χ2v) is 6.70. The molecule has 0 aromatic heterocycles. The number of carbonyl (C=O) groups excluding carboxylic acids is 1. The Bertz CT molecular complexity index is 302. The highest BCUT2D eigenvalue weighted by Crippen LogP contribution is 2.17. The van der Waals surface area contributed by atoms with E-state index in [1.807, 2.05) is 27.7 Å². The minimum Gasteiger partial charge on any atom is -0.772 e. The lowest BCUT2D eigenvalue weighted by Gasteiger charge is -2.30. The van der Waals surface area contributed by atoms with Crippen molar-refractivity contribution in [3.63, 3.8) is 0 Å². The van der Waals surface area contributed by atoms with E-state index in [1.54, 1.807) is 0 Å². The van der Waals surface area contributed by atoms with E-state index < -0.39 is 16.7 Å². The topological polar surface area (TPSA) is 78.5 Å². The van der Waals surface area contributed by atoms with E-state index >= 15 is 0 Å². The van der Waals surface area contributed by atoms with Gasteiger partial charge in [0.1, 0.15) is 0 Å². The standard InChI is InChI=1S/C12H25NO4S/c1-10(14)13-11(2,3)6-8-17-12(4,5)7-9-18(15)16/h6-9H2,1-5H3,(H,13,14)(H,15,16)/p-1. The molecule has 6 heteroatoms. The molecular formula is C12H24NO4S-. The quantitative estimate of drug-likeness (QED) is 0.680. The number of hydrogen-bond acceptors (Lipinski definition) is 4. The van der Waals surface area contributed by atoms with E-state index in [2.05, 4.69) is 5.32 Å². The summed E-state index contributed by atoms with van der Waals surface area (Å²) in [5, 5.41) is 2.84. The molecule has 1 amide bonds. The van der Waals surface area contributed by atoms with Crippen molar-refractivity contribution in [1.82, 2.24) is 5.32 Å². The molecule has 0 aromatic rings. The Morgan fingerprint density at radius 2 is 1.83 bits per heavy atom. The van der Waals surface area contributed by atoms with Gasteiger partial charge in [-0.2, -0.15) is 0 Å². The van der Waals surface area contributed by atoms with Crippen LogP contribution in [-0.2, 0) is 20.6 Å². The average Bonchev–Trinajstić information content (AvgIpc) is 2.12. The van der Waals surface area contributed by atoms with Crippen LogP contribution >= 0.6 is 0 Å². The third kappa shape index (κ3) is 9.56. The summed E-state index contributed by atoms with van der Waals surface area (Å²) < 4.78 is 26.7. The number of nitrogens with one attached hydrogen (secondary N) is 1. The molecule has 108 valence electrons. The van der Waals surface area contributed by atoms with Gasteiger partial charge in [0.2, 0.25) is 5.91 Å². The first-order valence-corrected chi connectivity index (χ1v) is 7.27. The highest BCUT2D eigenvalue weighted by molar-refractivity contribution is 7.79. The van der Waals surface area contributed by atoms with Crippen LogP contribution in [0.15, 0.2) is 0 Å². The van der Waals surface area contributed by atoms with Gasteiger partial charge in [-0.05, 0) is 40.5 Å². The molecule has 0 rings (SSSR count). The van der Waals surface area contributed by atoms with E-state index in [-0.39, 0.29) is 17.2 Å². The largest absolute Gasteiger partial charge is 0.772 e. The molecule has 0 aliphatic carbocycles. The molecule has 1 unspecified atom stereocenters. The highest BCUT2D eigenvalue weighted by atomic mass is 32.2. The third-order valence-corrected chi connectivity index (χ3v) is 3.14. The van der Waals surface area contributed by atoms with Gasteiger partial charge in [0.05, 0.1) is 5.60 Å². The summed E-state index contributed by atoms with van der Waals surface area (Å²) in [6, 6.07) is 0. The monoisotopic (exact) mass is 278 g/mol. The number of hydrogen-bond donors (Lipinski definition) is 1. The molecule has 0 aromatic carbocycles. The average molecular weight is 278 g/mol. The summed E-state index contributed by atoms with van der Waals surface area (Å²) in [7, 11) is 0. The zero-order chi connectivity index (χ0) is 14.4. The fourth-order valence-corrected chi connectivity index (χ4v) is 2.18. The van der Waals surface area contributed by atoms with Crippen molar-refractivity contribution in [2.24, 2.45) is 0 Å². The molecule has 5 nitrogen and oxygen atoms in total. The summed E-state index contributed by atoms with van der Waals surface area (Å²) in [5.41, 5.74) is -0.782. The smallest absolute Gasteiger partial charge is 0.217 e. The molecule has 0 radical (unpaired) electrons. The number of amides is 1. The maximum absolute atomic E-state index is 11.0. The van der Waals surface area contributed by atoms with Crippen LogP contribution in [0.1, 0.15) is 47.5 Å². The van der Waals surface area contributed by atoms with Gasteiger partial charge in [0.25, 0.3) is 0 Å². The minimum atomic E-state index is -2.03. The Labute approximate surface area is 112 Å². The highest BCUT2D eigenvalue weighted by Gasteiger charge is 2.22. The molecule has 1 atom stereocenters. The van der Waals surface area contributed by atoms with E-state index in [9.17, 15) is 13.6 Å². The summed E-state index contributed by atoms with van der Waals surface area (Å²) in [6.07, 6.45) is 1.14. The van der Waals surface area contributed by atoms with Crippen molar-refractivity contribution < 1.29 is 18.3 Å². The van der Waals surface area contributed by atoms with Gasteiger partial charge in [-0.1, -0.05) is 11.1 Å². The SMILES string of the molecule is CC(=O)NC(C)(C)CCOC(C)(C)CCS(=O)[O-].